The van der Waals surface area contributed by atoms with Gasteiger partial charge >= 0.3 is 0 Å². The number of methoxy groups -OCH3 is 1. The van der Waals surface area contributed by atoms with Crippen molar-refractivity contribution in [1.29, 1.82) is 0 Å². The first-order valence-corrected chi connectivity index (χ1v) is 16.1. The van der Waals surface area contributed by atoms with Gasteiger partial charge in [-0.1, -0.05) is 96.1 Å². The smallest absolute Gasteiger partial charge is 0.258 e. The molecule has 0 spiro atoms. The van der Waals surface area contributed by atoms with Gasteiger partial charge in [-0.2, -0.15) is 0 Å². The molecule has 45 heavy (non-hydrogen) atoms. The monoisotopic (exact) mass is 666 g/mol. The first-order valence-electron chi connectivity index (χ1n) is 16.1. The Morgan fingerprint density at radius 3 is 2.07 bits per heavy atom. The van der Waals surface area contributed by atoms with E-state index in [1.54, 1.807) is 7.11 Å². The molecule has 0 aliphatic heterocycles. The minimum Gasteiger partial charge on any atom is -1.00 e. The number of ether oxygens (including phenoxy) is 1. The lowest BCUT2D eigenvalue weighted by molar-refractivity contribution is -0.938. The highest BCUT2D eigenvalue weighted by Gasteiger charge is 2.26. The lowest BCUT2D eigenvalue weighted by Gasteiger charge is -2.37. The van der Waals surface area contributed by atoms with E-state index in [0.29, 0.717) is 24.4 Å². The molecule has 0 saturated heterocycles. The summed E-state index contributed by atoms with van der Waals surface area (Å²) in [7, 11) is 1.65. The van der Waals surface area contributed by atoms with Crippen LogP contribution in [-0.4, -0.2) is 48.6 Å². The van der Waals surface area contributed by atoms with Crippen molar-refractivity contribution in [2.75, 3.05) is 33.3 Å². The van der Waals surface area contributed by atoms with E-state index in [9.17, 15) is 4.79 Å². The Morgan fingerprint density at radius 1 is 0.733 bits per heavy atom. The largest absolute Gasteiger partial charge is 1.00 e. The van der Waals surface area contributed by atoms with Crippen molar-refractivity contribution in [3.63, 3.8) is 0 Å². The molecule has 0 heterocycles. The first-order chi connectivity index (χ1) is 21.3. The summed E-state index contributed by atoms with van der Waals surface area (Å²) in [4.78, 5) is 16.5. The van der Waals surface area contributed by atoms with Gasteiger partial charge in [0.25, 0.3) is 5.91 Å². The number of quaternary nitrogens is 1. The van der Waals surface area contributed by atoms with Gasteiger partial charge in [-0.25, -0.2) is 0 Å². The van der Waals surface area contributed by atoms with Gasteiger partial charge < -0.3 is 31.1 Å². The fraction of sp³-hybridized carbons (Fsp3) is 0.325. The summed E-state index contributed by atoms with van der Waals surface area (Å²) in [6, 6.07) is 33.9. The Labute approximate surface area is 280 Å². The van der Waals surface area contributed by atoms with Crippen LogP contribution in [0.1, 0.15) is 59.3 Å². The van der Waals surface area contributed by atoms with Gasteiger partial charge in [0.15, 0.2) is 0 Å². The second kappa shape index (κ2) is 15.6. The Hall–Kier alpha value is -3.67. The molecular formula is C40H47BrN2O2. The van der Waals surface area contributed by atoms with Crippen LogP contribution in [0.15, 0.2) is 97.1 Å². The Kier molecular flexibility index (Phi) is 11.8. The number of halogens is 1. The molecule has 5 heteroatoms. The van der Waals surface area contributed by atoms with Crippen molar-refractivity contribution in [1.82, 2.24) is 4.90 Å². The zero-order valence-electron chi connectivity index (χ0n) is 27.5. The average Bonchev–Trinajstić information content (AvgIpc) is 3.04. The van der Waals surface area contributed by atoms with E-state index in [4.69, 9.17) is 4.74 Å². The van der Waals surface area contributed by atoms with Crippen molar-refractivity contribution in [2.24, 2.45) is 0 Å². The number of fused-ring (bicyclic) bond motifs is 2. The lowest BCUT2D eigenvalue weighted by Crippen LogP contribution is -3.00. The molecule has 0 aromatic heterocycles. The van der Waals surface area contributed by atoms with Gasteiger partial charge in [0, 0.05) is 18.7 Å². The van der Waals surface area contributed by atoms with Gasteiger partial charge in [0.2, 0.25) is 0 Å². The molecule has 0 unspecified atom stereocenters. The van der Waals surface area contributed by atoms with Gasteiger partial charge in [0.05, 0.1) is 32.3 Å². The summed E-state index contributed by atoms with van der Waals surface area (Å²) in [5.41, 5.74) is 5.86. The van der Waals surface area contributed by atoms with E-state index in [0.717, 1.165) is 59.8 Å². The molecule has 0 N–H and O–H groups in total. The number of unbranched alkanes of at least 4 members (excludes halogenated alkanes) is 1. The van der Waals surface area contributed by atoms with Crippen LogP contribution in [0.5, 0.6) is 5.75 Å². The first kappa shape index (κ1) is 34.2. The molecule has 0 atom stereocenters. The summed E-state index contributed by atoms with van der Waals surface area (Å²) in [5.74, 6) is 0.645. The summed E-state index contributed by atoms with van der Waals surface area (Å²) in [6.07, 6.45) is 2.00. The molecule has 0 saturated carbocycles. The van der Waals surface area contributed by atoms with Gasteiger partial charge in [0.1, 0.15) is 12.3 Å². The van der Waals surface area contributed by atoms with E-state index < -0.39 is 0 Å². The molecule has 0 bridgehead atoms. The Bertz CT molecular complexity index is 1720. The third-order valence-corrected chi connectivity index (χ3v) is 9.25. The zero-order valence-corrected chi connectivity index (χ0v) is 29.1. The van der Waals surface area contributed by atoms with Gasteiger partial charge in [-0.3, -0.25) is 4.79 Å². The second-order valence-electron chi connectivity index (χ2n) is 12.3. The van der Waals surface area contributed by atoms with Crippen molar-refractivity contribution in [3.8, 4) is 5.75 Å². The minimum atomic E-state index is 0. The number of aryl methyl sites for hydroxylation is 2. The van der Waals surface area contributed by atoms with Crippen LogP contribution < -0.4 is 21.7 Å². The predicted molar refractivity (Wildman–Crippen MR) is 184 cm³/mol. The highest BCUT2D eigenvalue weighted by molar-refractivity contribution is 6.09. The molecule has 1 amide bonds. The lowest BCUT2D eigenvalue weighted by atomic mass is 10.0. The van der Waals surface area contributed by atoms with Crippen LogP contribution >= 0.6 is 0 Å². The van der Waals surface area contributed by atoms with Crippen LogP contribution in [-0.2, 0) is 13.1 Å². The number of hydrogen-bond acceptors (Lipinski definition) is 2. The molecule has 4 nitrogen and oxygen atoms in total. The summed E-state index contributed by atoms with van der Waals surface area (Å²) >= 11 is 0. The van der Waals surface area contributed by atoms with E-state index in [2.05, 4.69) is 94.4 Å². The number of carbonyl (C=O) groups is 1. The number of hydrogen-bond donors (Lipinski definition) is 0. The fourth-order valence-electron chi connectivity index (χ4n) is 6.75. The van der Waals surface area contributed by atoms with E-state index in [1.807, 2.05) is 35.2 Å². The molecule has 236 valence electrons. The molecule has 0 radical (unpaired) electrons. The molecule has 5 aromatic rings. The van der Waals surface area contributed by atoms with Gasteiger partial charge in [-0.05, 0) is 79.8 Å². The fourth-order valence-corrected chi connectivity index (χ4v) is 6.75. The molecule has 0 aliphatic carbocycles. The maximum absolute atomic E-state index is 14.5. The van der Waals surface area contributed by atoms with Crippen LogP contribution in [0.4, 0.5) is 0 Å². The van der Waals surface area contributed by atoms with Gasteiger partial charge in [-0.15, -0.1) is 0 Å². The SMILES string of the molecule is CC[N+](CC)(CCCCN(Cc1ccc2ccccc2c1)C(=O)c1c(OC)ccc2ccccc12)Cc1cc(C)cc(C)c1.[Br-]. The Morgan fingerprint density at radius 2 is 1.38 bits per heavy atom. The van der Waals surface area contributed by atoms with E-state index in [1.165, 1.54) is 27.5 Å². The highest BCUT2D eigenvalue weighted by atomic mass is 79.9. The van der Waals surface area contributed by atoms with E-state index >= 15 is 0 Å². The molecule has 5 aromatic carbocycles. The normalized spacial score (nSPS) is 11.4. The second-order valence-corrected chi connectivity index (χ2v) is 12.3. The molecule has 0 fully saturated rings. The summed E-state index contributed by atoms with van der Waals surface area (Å²) in [6.45, 7) is 14.6. The minimum absolute atomic E-state index is 0. The van der Waals surface area contributed by atoms with Crippen molar-refractivity contribution in [2.45, 2.75) is 53.6 Å². The topological polar surface area (TPSA) is 29.5 Å². The highest BCUT2D eigenvalue weighted by Crippen LogP contribution is 2.30. The van der Waals surface area contributed by atoms with Crippen molar-refractivity contribution >= 4 is 27.5 Å². The van der Waals surface area contributed by atoms with Crippen LogP contribution in [0, 0.1) is 13.8 Å². The Balaban J connectivity index is 0.00000461. The van der Waals surface area contributed by atoms with Crippen molar-refractivity contribution < 1.29 is 31.0 Å². The zero-order chi connectivity index (χ0) is 31.1. The molecule has 0 aliphatic rings. The van der Waals surface area contributed by atoms with Crippen LogP contribution in [0.2, 0.25) is 0 Å². The third kappa shape index (κ3) is 8.14. The summed E-state index contributed by atoms with van der Waals surface area (Å²) in [5, 5.41) is 4.38. The van der Waals surface area contributed by atoms with Crippen LogP contribution in [0.25, 0.3) is 21.5 Å². The standard InChI is InChI=1S/C40H47N2O2.BrH/c1-6-42(7-2,29-33-25-30(3)24-31(4)26-33)23-13-12-22-41(28-32-18-19-34-14-8-9-16-36(34)27-32)40(43)39-37-17-11-10-15-35(37)20-21-38(39)44-5;/h8-11,14-21,24-27H,6-7,12-13,22-23,28-29H2,1-5H3;1H/q+1;/p-1. The quantitative estimate of drug-likeness (QED) is 0.112. The molecular weight excluding hydrogens is 620 g/mol. The maximum Gasteiger partial charge on any atom is 0.258 e. The predicted octanol–water partition coefficient (Wildman–Crippen LogP) is 6.10. The number of rotatable bonds is 13. The third-order valence-electron chi connectivity index (χ3n) is 9.25. The number of amides is 1. The number of nitrogens with zero attached hydrogens (tertiary/aromatic N) is 2. The van der Waals surface area contributed by atoms with Crippen LogP contribution in [0.3, 0.4) is 0 Å². The van der Waals surface area contributed by atoms with E-state index in [-0.39, 0.29) is 22.9 Å². The van der Waals surface area contributed by atoms with Crippen molar-refractivity contribution in [3.05, 3.63) is 125 Å². The maximum atomic E-state index is 14.5. The molecule has 5 rings (SSSR count). The number of benzene rings is 5. The average molecular weight is 668 g/mol. The summed E-state index contributed by atoms with van der Waals surface area (Å²) < 4.78 is 6.81. The number of carbonyl (C=O) groups excluding carboxylic acids is 1.